The SMILES string of the molecule is CC(C)(C)CCNc1ccccc1C(N)=S. The molecule has 1 rings (SSSR count). The van der Waals surface area contributed by atoms with Crippen molar-refractivity contribution >= 4 is 22.9 Å². The third kappa shape index (κ3) is 4.19. The number of benzene rings is 1. The highest BCUT2D eigenvalue weighted by Crippen LogP contribution is 2.20. The van der Waals surface area contributed by atoms with Gasteiger partial charge in [0.25, 0.3) is 0 Å². The van der Waals surface area contributed by atoms with Crippen LogP contribution in [0.25, 0.3) is 0 Å². The minimum absolute atomic E-state index is 0.338. The monoisotopic (exact) mass is 236 g/mol. The minimum Gasteiger partial charge on any atom is -0.389 e. The highest BCUT2D eigenvalue weighted by molar-refractivity contribution is 7.80. The van der Waals surface area contributed by atoms with Gasteiger partial charge in [-0.15, -0.1) is 0 Å². The van der Waals surface area contributed by atoms with E-state index >= 15 is 0 Å². The quantitative estimate of drug-likeness (QED) is 0.789. The fraction of sp³-hybridized carbons (Fsp3) is 0.462. The van der Waals surface area contributed by atoms with Crippen molar-refractivity contribution < 1.29 is 0 Å². The Morgan fingerprint density at radius 3 is 2.50 bits per heavy atom. The molecule has 0 aliphatic rings. The third-order valence-electron chi connectivity index (χ3n) is 2.38. The molecule has 0 aliphatic carbocycles. The van der Waals surface area contributed by atoms with Crippen LogP contribution in [0.4, 0.5) is 5.69 Å². The van der Waals surface area contributed by atoms with Crippen molar-refractivity contribution in [3.63, 3.8) is 0 Å². The second-order valence-corrected chi connectivity index (χ2v) is 5.59. The zero-order valence-electron chi connectivity index (χ0n) is 10.2. The summed E-state index contributed by atoms with van der Waals surface area (Å²) < 4.78 is 0. The van der Waals surface area contributed by atoms with Gasteiger partial charge in [0, 0.05) is 17.8 Å². The summed E-state index contributed by atoms with van der Waals surface area (Å²) in [7, 11) is 0. The van der Waals surface area contributed by atoms with Crippen LogP contribution in [0.15, 0.2) is 24.3 Å². The van der Waals surface area contributed by atoms with E-state index in [0.29, 0.717) is 10.4 Å². The first-order valence-electron chi connectivity index (χ1n) is 5.53. The summed E-state index contributed by atoms with van der Waals surface area (Å²) in [6, 6.07) is 7.89. The maximum Gasteiger partial charge on any atom is 0.106 e. The van der Waals surface area contributed by atoms with Crippen LogP contribution in [0.2, 0.25) is 0 Å². The largest absolute Gasteiger partial charge is 0.389 e. The molecule has 0 unspecified atom stereocenters. The Balaban J connectivity index is 2.64. The van der Waals surface area contributed by atoms with Gasteiger partial charge in [-0.25, -0.2) is 0 Å². The predicted molar refractivity (Wildman–Crippen MR) is 74.9 cm³/mol. The van der Waals surface area contributed by atoms with E-state index in [1.807, 2.05) is 24.3 Å². The Kier molecular flexibility index (Phi) is 4.30. The Hall–Kier alpha value is -1.09. The Morgan fingerprint density at radius 1 is 1.31 bits per heavy atom. The Bertz CT molecular complexity index is 366. The van der Waals surface area contributed by atoms with Crippen molar-refractivity contribution in [1.29, 1.82) is 0 Å². The summed E-state index contributed by atoms with van der Waals surface area (Å²) in [5.74, 6) is 0. The lowest BCUT2D eigenvalue weighted by Crippen LogP contribution is -2.16. The first-order chi connectivity index (χ1) is 7.40. The fourth-order valence-electron chi connectivity index (χ4n) is 1.42. The summed E-state index contributed by atoms with van der Waals surface area (Å²) in [5.41, 5.74) is 7.95. The van der Waals surface area contributed by atoms with Gasteiger partial charge in [0.05, 0.1) is 0 Å². The van der Waals surface area contributed by atoms with Crippen LogP contribution < -0.4 is 11.1 Å². The highest BCUT2D eigenvalue weighted by atomic mass is 32.1. The lowest BCUT2D eigenvalue weighted by atomic mass is 9.92. The second-order valence-electron chi connectivity index (χ2n) is 5.15. The molecule has 0 aromatic heterocycles. The van der Waals surface area contributed by atoms with E-state index in [9.17, 15) is 0 Å². The molecule has 0 amide bonds. The summed E-state index contributed by atoms with van der Waals surface area (Å²) in [6.45, 7) is 7.62. The van der Waals surface area contributed by atoms with E-state index in [-0.39, 0.29) is 0 Å². The Morgan fingerprint density at radius 2 is 1.94 bits per heavy atom. The van der Waals surface area contributed by atoms with Gasteiger partial charge in [-0.2, -0.15) is 0 Å². The van der Waals surface area contributed by atoms with E-state index < -0.39 is 0 Å². The number of hydrogen-bond donors (Lipinski definition) is 2. The Labute approximate surface area is 103 Å². The number of para-hydroxylation sites is 1. The zero-order valence-corrected chi connectivity index (χ0v) is 11.0. The van der Waals surface area contributed by atoms with Gasteiger partial charge >= 0.3 is 0 Å². The molecule has 0 atom stereocenters. The summed E-state index contributed by atoms with van der Waals surface area (Å²) in [5, 5.41) is 3.38. The van der Waals surface area contributed by atoms with Crippen LogP contribution in [0.5, 0.6) is 0 Å². The molecule has 88 valence electrons. The summed E-state index contributed by atoms with van der Waals surface area (Å²) >= 11 is 5.01. The molecular formula is C13H20N2S. The van der Waals surface area contributed by atoms with Crippen LogP contribution in [0.3, 0.4) is 0 Å². The smallest absolute Gasteiger partial charge is 0.106 e. The maximum absolute atomic E-state index is 5.66. The number of anilines is 1. The van der Waals surface area contributed by atoms with E-state index in [1.54, 1.807) is 0 Å². The van der Waals surface area contributed by atoms with Crippen LogP contribution in [-0.4, -0.2) is 11.5 Å². The van der Waals surface area contributed by atoms with Crippen molar-refractivity contribution in [3.8, 4) is 0 Å². The van der Waals surface area contributed by atoms with Crippen LogP contribution in [-0.2, 0) is 0 Å². The average molecular weight is 236 g/mol. The number of thiocarbonyl (C=S) groups is 1. The van der Waals surface area contributed by atoms with Gasteiger partial charge in [-0.05, 0) is 24.0 Å². The number of hydrogen-bond acceptors (Lipinski definition) is 2. The molecule has 1 aromatic carbocycles. The van der Waals surface area contributed by atoms with E-state index in [1.165, 1.54) is 0 Å². The van der Waals surface area contributed by atoms with E-state index in [4.69, 9.17) is 18.0 Å². The van der Waals surface area contributed by atoms with Gasteiger partial charge in [-0.3, -0.25) is 0 Å². The molecule has 2 nitrogen and oxygen atoms in total. The molecule has 1 aromatic rings. The number of nitrogens with two attached hydrogens (primary N) is 1. The summed E-state index contributed by atoms with van der Waals surface area (Å²) in [6.07, 6.45) is 1.11. The van der Waals surface area contributed by atoms with Crippen LogP contribution >= 0.6 is 12.2 Å². The van der Waals surface area contributed by atoms with Gasteiger partial charge in [0.2, 0.25) is 0 Å². The molecule has 3 N–H and O–H groups in total. The molecule has 0 fully saturated rings. The molecule has 0 saturated heterocycles. The fourth-order valence-corrected chi connectivity index (χ4v) is 1.60. The van der Waals surface area contributed by atoms with Crippen LogP contribution in [0.1, 0.15) is 32.8 Å². The predicted octanol–water partition coefficient (Wildman–Crippen LogP) is 3.17. The summed E-state index contributed by atoms with van der Waals surface area (Å²) in [4.78, 5) is 0.443. The van der Waals surface area contributed by atoms with E-state index in [0.717, 1.165) is 24.2 Å². The van der Waals surface area contributed by atoms with Crippen molar-refractivity contribution in [3.05, 3.63) is 29.8 Å². The lowest BCUT2D eigenvalue weighted by Gasteiger charge is -2.19. The zero-order chi connectivity index (χ0) is 12.2. The normalized spacial score (nSPS) is 11.2. The first kappa shape index (κ1) is 13.0. The number of rotatable bonds is 4. The molecular weight excluding hydrogens is 216 g/mol. The van der Waals surface area contributed by atoms with Crippen molar-refractivity contribution in [2.75, 3.05) is 11.9 Å². The van der Waals surface area contributed by atoms with Crippen molar-refractivity contribution in [2.24, 2.45) is 11.1 Å². The van der Waals surface area contributed by atoms with Crippen molar-refractivity contribution in [2.45, 2.75) is 27.2 Å². The molecule has 0 aliphatic heterocycles. The van der Waals surface area contributed by atoms with Gasteiger partial charge in [-0.1, -0.05) is 45.1 Å². The standard InChI is InChI=1S/C13H20N2S/c1-13(2,3)8-9-15-11-7-5-4-6-10(11)12(14)16/h4-7,15H,8-9H2,1-3H3,(H2,14,16). The first-order valence-corrected chi connectivity index (χ1v) is 5.94. The molecule has 0 radical (unpaired) electrons. The van der Waals surface area contributed by atoms with Crippen LogP contribution in [0, 0.1) is 5.41 Å². The van der Waals surface area contributed by atoms with E-state index in [2.05, 4.69) is 26.1 Å². The van der Waals surface area contributed by atoms with Gasteiger partial charge in [0.1, 0.15) is 4.99 Å². The highest BCUT2D eigenvalue weighted by Gasteiger charge is 2.10. The minimum atomic E-state index is 0.338. The molecule has 0 bridgehead atoms. The molecule has 3 heteroatoms. The maximum atomic E-state index is 5.66. The lowest BCUT2D eigenvalue weighted by molar-refractivity contribution is 0.390. The number of nitrogens with one attached hydrogen (secondary N) is 1. The van der Waals surface area contributed by atoms with Crippen molar-refractivity contribution in [1.82, 2.24) is 0 Å². The molecule has 0 saturated carbocycles. The molecule has 0 heterocycles. The topological polar surface area (TPSA) is 38.0 Å². The average Bonchev–Trinajstić information content (AvgIpc) is 2.16. The molecule has 16 heavy (non-hydrogen) atoms. The van der Waals surface area contributed by atoms with Gasteiger partial charge in [0.15, 0.2) is 0 Å². The second kappa shape index (κ2) is 5.30. The third-order valence-corrected chi connectivity index (χ3v) is 2.60. The molecule has 0 spiro atoms. The van der Waals surface area contributed by atoms with Gasteiger partial charge < -0.3 is 11.1 Å².